The maximum atomic E-state index is 13.3. The van der Waals surface area contributed by atoms with Gasteiger partial charge in [0, 0.05) is 10.8 Å². The maximum Gasteiger partial charge on any atom is 0.350 e. The smallest absolute Gasteiger partial charge is 0.308 e. The predicted molar refractivity (Wildman–Crippen MR) is 109 cm³/mol. The molecule has 0 radical (unpaired) electrons. The highest BCUT2D eigenvalue weighted by Crippen LogP contribution is 2.48. The zero-order chi connectivity index (χ0) is 21.3. The molecule has 0 saturated carbocycles. The fourth-order valence-electron chi connectivity index (χ4n) is 4.05. The molecule has 9 heteroatoms. The molecule has 0 spiro atoms. The molecule has 0 N–H and O–H groups in total. The number of fused-ring (bicyclic) bond motifs is 4. The van der Waals surface area contributed by atoms with Gasteiger partial charge in [0.05, 0.1) is 21.6 Å². The van der Waals surface area contributed by atoms with Crippen LogP contribution < -0.4 is 0 Å². The molecule has 1 aliphatic heterocycles. The lowest BCUT2D eigenvalue weighted by molar-refractivity contribution is 0.583. The van der Waals surface area contributed by atoms with Gasteiger partial charge in [-0.05, 0) is 24.3 Å². The Morgan fingerprint density at radius 2 is 1.23 bits per heavy atom. The van der Waals surface area contributed by atoms with E-state index in [1.165, 1.54) is 24.3 Å². The third-order valence-corrected chi connectivity index (χ3v) is 10.6. The minimum Gasteiger partial charge on any atom is -0.308 e. The molecule has 0 atom stereocenters. The molecule has 0 unspecified atom stereocenters. The number of sulfone groups is 2. The van der Waals surface area contributed by atoms with Crippen LogP contribution in [0.5, 0.6) is 0 Å². The third kappa shape index (κ3) is 1.86. The van der Waals surface area contributed by atoms with E-state index in [4.69, 9.17) is 0 Å². The van der Waals surface area contributed by atoms with Crippen LogP contribution in [0.2, 0.25) is 0 Å². The van der Waals surface area contributed by atoms with Crippen LogP contribution in [-0.2, 0) is 19.7 Å². The summed E-state index contributed by atoms with van der Waals surface area (Å²) in [6.07, 6.45) is 0. The van der Waals surface area contributed by atoms with E-state index in [0.29, 0.717) is 11.0 Å². The number of hydrogen-bond acceptors (Lipinski definition) is 6. The summed E-state index contributed by atoms with van der Waals surface area (Å²) in [7, 11) is -9.60. The van der Waals surface area contributed by atoms with Crippen molar-refractivity contribution < 1.29 is 16.8 Å². The van der Waals surface area contributed by atoms with Gasteiger partial charge >= 0.3 is 4.08 Å². The van der Waals surface area contributed by atoms with Gasteiger partial charge in [0.1, 0.15) is 17.0 Å². The predicted octanol–water partition coefficient (Wildman–Crippen LogP) is 3.09. The normalized spacial score (nSPS) is 17.9. The number of hydrogen-bond donors (Lipinski definition) is 0. The second-order valence-electron chi connectivity index (χ2n) is 6.82. The third-order valence-electron chi connectivity index (χ3n) is 5.39. The quantitative estimate of drug-likeness (QED) is 0.455. The van der Waals surface area contributed by atoms with E-state index in [0.717, 1.165) is 16.8 Å². The van der Waals surface area contributed by atoms with Crippen molar-refractivity contribution in [2.24, 2.45) is 0 Å². The Kier molecular flexibility index (Phi) is 3.49. The molecule has 0 fully saturated rings. The van der Waals surface area contributed by atoms with Gasteiger partial charge in [-0.3, -0.25) is 0 Å². The van der Waals surface area contributed by atoms with E-state index < -0.39 is 33.5 Å². The molecule has 7 nitrogen and oxygen atoms in total. The van der Waals surface area contributed by atoms with Crippen LogP contribution in [0, 0.1) is 22.7 Å². The summed E-state index contributed by atoms with van der Waals surface area (Å²) in [6, 6.07) is 21.2. The second-order valence-corrected chi connectivity index (χ2v) is 11.2. The Balaban J connectivity index is 2.03. The molecule has 30 heavy (non-hydrogen) atoms. The number of nitriles is 2. The molecule has 1 aromatic heterocycles. The Bertz CT molecular complexity index is 1640. The SMILES string of the molecule is N#CC1(C#N)S(=O)(=O)c2cccc(-n3c4ccccc4c4ccccc43)c2S1(=O)=O. The minimum absolute atomic E-state index is 0.0841. The van der Waals surface area contributed by atoms with Gasteiger partial charge < -0.3 is 4.57 Å². The van der Waals surface area contributed by atoms with Crippen LogP contribution in [0.3, 0.4) is 0 Å². The van der Waals surface area contributed by atoms with Crippen molar-refractivity contribution in [3.8, 4) is 17.8 Å². The zero-order valence-corrected chi connectivity index (χ0v) is 16.8. The molecular formula is C21H11N3O4S2. The number of benzene rings is 3. The van der Waals surface area contributed by atoms with E-state index >= 15 is 0 Å². The van der Waals surface area contributed by atoms with E-state index in [-0.39, 0.29) is 5.69 Å². The highest BCUT2D eigenvalue weighted by atomic mass is 32.3. The lowest BCUT2D eigenvalue weighted by atomic mass is 10.2. The highest BCUT2D eigenvalue weighted by molar-refractivity contribution is 8.13. The fourth-order valence-corrected chi connectivity index (χ4v) is 8.84. The zero-order valence-electron chi connectivity index (χ0n) is 15.1. The summed E-state index contributed by atoms with van der Waals surface area (Å²) in [5.41, 5.74) is 1.43. The van der Waals surface area contributed by atoms with Crippen molar-refractivity contribution >= 4 is 41.5 Å². The highest BCUT2D eigenvalue weighted by Gasteiger charge is 2.66. The first-order valence-corrected chi connectivity index (χ1v) is 11.7. The van der Waals surface area contributed by atoms with E-state index in [9.17, 15) is 27.4 Å². The number of aromatic nitrogens is 1. The molecule has 0 aliphatic carbocycles. The number of para-hydroxylation sites is 2. The Hall–Kier alpha value is -3.66. The lowest BCUT2D eigenvalue weighted by Gasteiger charge is -2.12. The molecule has 146 valence electrons. The van der Waals surface area contributed by atoms with Crippen LogP contribution in [0.4, 0.5) is 0 Å². The lowest BCUT2D eigenvalue weighted by Crippen LogP contribution is -2.38. The summed E-state index contributed by atoms with van der Waals surface area (Å²) in [5, 5.41) is 20.7. The van der Waals surface area contributed by atoms with E-state index in [2.05, 4.69) is 0 Å². The Morgan fingerprint density at radius 3 is 1.77 bits per heavy atom. The van der Waals surface area contributed by atoms with Crippen molar-refractivity contribution in [1.29, 1.82) is 10.5 Å². The first-order valence-electron chi connectivity index (χ1n) is 8.75. The largest absolute Gasteiger partial charge is 0.350 e. The van der Waals surface area contributed by atoms with Crippen molar-refractivity contribution in [3.63, 3.8) is 0 Å². The molecule has 0 amide bonds. The second kappa shape index (κ2) is 5.70. The first-order chi connectivity index (χ1) is 14.3. The van der Waals surface area contributed by atoms with Crippen molar-refractivity contribution in [1.82, 2.24) is 4.57 Å². The molecule has 1 aliphatic rings. The van der Waals surface area contributed by atoms with Crippen molar-refractivity contribution in [2.75, 3.05) is 0 Å². The molecule has 0 bridgehead atoms. The molecule has 5 rings (SSSR count). The topological polar surface area (TPSA) is 121 Å². The van der Waals surface area contributed by atoms with Gasteiger partial charge in [-0.2, -0.15) is 10.5 Å². The van der Waals surface area contributed by atoms with Crippen molar-refractivity contribution in [2.45, 2.75) is 13.9 Å². The minimum atomic E-state index is -4.84. The van der Waals surface area contributed by atoms with Crippen LogP contribution in [0.15, 0.2) is 76.5 Å². The summed E-state index contributed by atoms with van der Waals surface area (Å²) in [4.78, 5) is -1.07. The Morgan fingerprint density at radius 1 is 0.700 bits per heavy atom. The first kappa shape index (κ1) is 18.4. The van der Waals surface area contributed by atoms with Gasteiger partial charge in [0.15, 0.2) is 0 Å². The van der Waals surface area contributed by atoms with Crippen LogP contribution in [-0.4, -0.2) is 25.5 Å². The van der Waals surface area contributed by atoms with Crippen LogP contribution in [0.25, 0.3) is 27.5 Å². The van der Waals surface area contributed by atoms with Gasteiger partial charge in [-0.25, -0.2) is 16.8 Å². The standard InChI is InChI=1S/C21H11N3O4S2/c22-12-21(13-23)29(25,26)19-11-5-10-18(20(19)30(21,27)28)24-16-8-3-1-6-14(16)15-7-2-4-9-17(15)24/h1-11H. The molecule has 2 heterocycles. The fraction of sp³-hybridized carbons (Fsp3) is 0.0476. The van der Waals surface area contributed by atoms with E-state index in [1.54, 1.807) is 28.8 Å². The molecule has 4 aromatic rings. The average Bonchev–Trinajstić information content (AvgIpc) is 3.14. The summed E-state index contributed by atoms with van der Waals surface area (Å²) in [6.45, 7) is 0. The number of nitrogens with zero attached hydrogens (tertiary/aromatic N) is 3. The van der Waals surface area contributed by atoms with Gasteiger partial charge in [-0.1, -0.05) is 42.5 Å². The van der Waals surface area contributed by atoms with Crippen LogP contribution in [0.1, 0.15) is 0 Å². The molecular weight excluding hydrogens is 422 g/mol. The van der Waals surface area contributed by atoms with Crippen LogP contribution >= 0.6 is 0 Å². The van der Waals surface area contributed by atoms with Crippen molar-refractivity contribution in [3.05, 3.63) is 66.7 Å². The van der Waals surface area contributed by atoms with E-state index in [1.807, 2.05) is 24.3 Å². The molecule has 3 aromatic carbocycles. The van der Waals surface area contributed by atoms with Gasteiger partial charge in [-0.15, -0.1) is 0 Å². The van der Waals surface area contributed by atoms with Gasteiger partial charge in [0.25, 0.3) is 0 Å². The molecule has 0 saturated heterocycles. The number of rotatable bonds is 1. The summed E-state index contributed by atoms with van der Waals surface area (Å²) >= 11 is 0. The average molecular weight is 433 g/mol. The Labute approximate surface area is 171 Å². The maximum absolute atomic E-state index is 13.3. The monoisotopic (exact) mass is 433 g/mol. The van der Waals surface area contributed by atoms with Gasteiger partial charge in [0.2, 0.25) is 19.7 Å². The summed E-state index contributed by atoms with van der Waals surface area (Å²) < 4.78 is 51.1. The summed E-state index contributed by atoms with van der Waals surface area (Å²) in [5.74, 6) is 0.